The van der Waals surface area contributed by atoms with Crippen molar-refractivity contribution < 1.29 is 27.6 Å². The minimum absolute atomic E-state index is 0.0401. The molecule has 5 unspecified atom stereocenters. The maximum absolute atomic E-state index is 13.2. The summed E-state index contributed by atoms with van der Waals surface area (Å²) in [6.07, 6.45) is 20.3. The van der Waals surface area contributed by atoms with Crippen molar-refractivity contribution in [1.82, 2.24) is 34.4 Å². The van der Waals surface area contributed by atoms with Gasteiger partial charge in [-0.25, -0.2) is 9.97 Å². The number of ketones is 1. The number of halogens is 4. The minimum atomic E-state index is -4.40. The van der Waals surface area contributed by atoms with Gasteiger partial charge in [0.1, 0.15) is 18.1 Å². The minimum Gasteiger partial charge on any atom is -0.344 e. The normalized spacial score (nSPS) is 18.4. The predicted octanol–water partition coefficient (Wildman–Crippen LogP) is 12.9. The van der Waals surface area contributed by atoms with Gasteiger partial charge in [-0.1, -0.05) is 104 Å². The molecular weight excluding hydrogens is 851 g/mol. The molecule has 4 aromatic rings. The molecule has 0 bridgehead atoms. The number of likely N-dealkylation sites (tertiary alicyclic amines) is 1. The summed E-state index contributed by atoms with van der Waals surface area (Å²) in [6.45, 7) is 19.7. The molecule has 1 saturated carbocycles. The molecular formula is C51H73ClF3N7O3. The van der Waals surface area contributed by atoms with Gasteiger partial charge in [-0.3, -0.25) is 19.1 Å². The molecule has 1 aromatic carbocycles. The van der Waals surface area contributed by atoms with E-state index < -0.39 is 17.8 Å². The Bertz CT molecular complexity index is 2160. The second-order valence-electron chi connectivity index (χ2n) is 18.4. The highest BCUT2D eigenvalue weighted by Gasteiger charge is 2.39. The largest absolute Gasteiger partial charge is 0.413 e. The van der Waals surface area contributed by atoms with Gasteiger partial charge >= 0.3 is 6.18 Å². The summed E-state index contributed by atoms with van der Waals surface area (Å²) >= 11 is 6.54. The second-order valence-corrected chi connectivity index (χ2v) is 18.8. The van der Waals surface area contributed by atoms with E-state index in [-0.39, 0.29) is 28.9 Å². The van der Waals surface area contributed by atoms with Crippen LogP contribution in [0.3, 0.4) is 0 Å². The summed E-state index contributed by atoms with van der Waals surface area (Å²) in [5.41, 5.74) is 4.64. The first-order chi connectivity index (χ1) is 30.7. The fourth-order valence-electron chi connectivity index (χ4n) is 7.75. The Balaban J connectivity index is 0.000000257. The number of benzene rings is 1. The quantitative estimate of drug-likeness (QED) is 0.105. The Kier molecular flexibility index (Phi) is 21.6. The van der Waals surface area contributed by atoms with Crippen LogP contribution in [0.1, 0.15) is 144 Å². The number of allylic oxidation sites excluding steroid dienone is 3. The molecule has 2 fully saturated rings. The number of H-pyrrole nitrogens is 1. The molecule has 6 rings (SSSR count). The number of hydrogen-bond donors (Lipinski definition) is 1. The lowest BCUT2D eigenvalue weighted by Gasteiger charge is -2.35. The second kappa shape index (κ2) is 25.8. The number of imidazole rings is 1. The Hall–Kier alpha value is -4.78. The van der Waals surface area contributed by atoms with E-state index in [2.05, 4.69) is 66.1 Å². The van der Waals surface area contributed by atoms with Gasteiger partial charge in [0.05, 0.1) is 6.20 Å². The zero-order valence-corrected chi connectivity index (χ0v) is 41.3. The van der Waals surface area contributed by atoms with Crippen molar-refractivity contribution >= 4 is 35.4 Å². The van der Waals surface area contributed by atoms with Crippen LogP contribution in [0.25, 0.3) is 16.9 Å². The van der Waals surface area contributed by atoms with E-state index in [1.54, 1.807) is 36.2 Å². The lowest BCUT2D eigenvalue weighted by molar-refractivity contribution is -0.130. The molecule has 358 valence electrons. The monoisotopic (exact) mass is 924 g/mol. The first kappa shape index (κ1) is 54.6. The standard InChI is InChI=1S/C20H33F3N2O.C18H18ClN3.C8H12N2O.C5H10O/c1-7-9-16(13-19(4,5)11-8-2)25(14-15(3)20(21,22)23)17-10-12-24(6)18(17)26;1-2-3-13-8-16(13)15-5-4-12(9-17(15)19)14-10-21-18-20-6-7-22(18)11-14;1-6(7(2)11)3-8-4-9-10-5-8;1-3-5(2)4-6/h9,14,17H,7-8,10-13H2,1-6H3;4-7,9-11,13,16H,2-3,8H2,1H3;4-6H,3H2,1-2H3,(H,9,10);4-5H,3H2,1-2H3/b15-14+,16-9+;;;. The maximum Gasteiger partial charge on any atom is 0.413 e. The Morgan fingerprint density at radius 3 is 2.31 bits per heavy atom. The fourth-order valence-corrected chi connectivity index (χ4v) is 8.07. The highest BCUT2D eigenvalue weighted by molar-refractivity contribution is 6.31. The van der Waals surface area contributed by atoms with Crippen LogP contribution in [0.2, 0.25) is 5.02 Å². The average Bonchev–Trinajstić information content (AvgIpc) is 3.55. The van der Waals surface area contributed by atoms with Crippen molar-refractivity contribution in [2.75, 3.05) is 13.6 Å². The maximum atomic E-state index is 13.2. The SMILES string of the molecule is CC(=O)C(C)Cc1cn[nH]c1.CC/C=C(\CC(C)(C)CCC)N(/C=C(\C)C(F)(F)F)C1CCN(C)C1=O.CCC(C)C=O.CCCC1CC1c1ccc(-c2cnc3nccn3c2)cc1Cl. The molecule has 0 spiro atoms. The van der Waals surface area contributed by atoms with Crippen LogP contribution in [0.15, 0.2) is 78.9 Å². The summed E-state index contributed by atoms with van der Waals surface area (Å²) in [7, 11) is 1.70. The van der Waals surface area contributed by atoms with Crippen LogP contribution >= 0.6 is 11.6 Å². The van der Waals surface area contributed by atoms with Crippen LogP contribution in [0, 0.1) is 23.2 Å². The molecule has 2 aliphatic rings. The van der Waals surface area contributed by atoms with Crippen LogP contribution in [0.4, 0.5) is 13.2 Å². The lowest BCUT2D eigenvalue weighted by atomic mass is 9.82. The van der Waals surface area contributed by atoms with Gasteiger partial charge in [-0.05, 0) is 98.8 Å². The number of carbonyl (C=O) groups is 3. The van der Waals surface area contributed by atoms with Gasteiger partial charge in [-0.15, -0.1) is 0 Å². The third kappa shape index (κ3) is 17.2. The molecule has 1 saturated heterocycles. The first-order valence-electron chi connectivity index (χ1n) is 23.2. The summed E-state index contributed by atoms with van der Waals surface area (Å²) < 4.78 is 41.4. The summed E-state index contributed by atoms with van der Waals surface area (Å²) in [6, 6.07) is 5.85. The molecule has 1 aliphatic heterocycles. The van der Waals surface area contributed by atoms with Crippen molar-refractivity contribution in [3.8, 4) is 11.1 Å². The van der Waals surface area contributed by atoms with Gasteiger partial charge < -0.3 is 14.6 Å². The smallest absolute Gasteiger partial charge is 0.344 e. The number of Topliss-reactive ketones (excluding diaryl/α,β-unsaturated/α-hetero) is 1. The van der Waals surface area contributed by atoms with Crippen LogP contribution in [0.5, 0.6) is 0 Å². The first-order valence-corrected chi connectivity index (χ1v) is 23.6. The topological polar surface area (TPSA) is 117 Å². The summed E-state index contributed by atoms with van der Waals surface area (Å²) in [5, 5.41) is 7.39. The van der Waals surface area contributed by atoms with Gasteiger partial charge in [0.15, 0.2) is 0 Å². The molecule has 65 heavy (non-hydrogen) atoms. The highest BCUT2D eigenvalue weighted by atomic mass is 35.5. The van der Waals surface area contributed by atoms with Crippen molar-refractivity contribution in [2.24, 2.45) is 23.2 Å². The van der Waals surface area contributed by atoms with Crippen LogP contribution < -0.4 is 0 Å². The number of alkyl halides is 3. The zero-order chi connectivity index (χ0) is 48.5. The number of nitrogens with one attached hydrogen (secondary N) is 1. The van der Waals surface area contributed by atoms with Crippen molar-refractivity contribution in [2.45, 2.75) is 152 Å². The van der Waals surface area contributed by atoms with E-state index in [1.807, 2.05) is 63.0 Å². The molecule has 14 heteroatoms. The number of aromatic nitrogens is 5. The van der Waals surface area contributed by atoms with Gasteiger partial charge in [0.25, 0.3) is 0 Å². The number of hydrogen-bond acceptors (Lipinski definition) is 7. The molecule has 1 N–H and O–H groups in total. The van der Waals surface area contributed by atoms with E-state index >= 15 is 0 Å². The van der Waals surface area contributed by atoms with Crippen molar-refractivity contribution in [1.29, 1.82) is 0 Å². The number of carbonyl (C=O) groups excluding carboxylic acids is 3. The highest BCUT2D eigenvalue weighted by Crippen LogP contribution is 2.52. The lowest BCUT2D eigenvalue weighted by Crippen LogP contribution is -2.39. The van der Waals surface area contributed by atoms with E-state index in [0.29, 0.717) is 37.5 Å². The van der Waals surface area contributed by atoms with E-state index in [1.165, 1.54) is 24.8 Å². The summed E-state index contributed by atoms with van der Waals surface area (Å²) in [4.78, 5) is 44.8. The van der Waals surface area contributed by atoms with E-state index in [0.717, 1.165) is 78.4 Å². The number of amides is 1. The fraction of sp³-hybridized carbons (Fsp3) is 0.569. The Morgan fingerprint density at radius 1 is 1.06 bits per heavy atom. The Labute approximate surface area is 390 Å². The zero-order valence-electron chi connectivity index (χ0n) is 40.5. The number of nitrogens with zero attached hydrogens (tertiary/aromatic N) is 6. The number of fused-ring (bicyclic) bond motifs is 1. The molecule has 1 aliphatic carbocycles. The van der Waals surface area contributed by atoms with Gasteiger partial charge in [-0.2, -0.15) is 18.3 Å². The summed E-state index contributed by atoms with van der Waals surface area (Å²) in [5.74, 6) is 2.68. The molecule has 5 atom stereocenters. The van der Waals surface area contributed by atoms with Crippen LogP contribution in [-0.2, 0) is 20.8 Å². The third-order valence-electron chi connectivity index (χ3n) is 12.1. The molecule has 0 radical (unpaired) electrons. The molecule has 1 amide bonds. The van der Waals surface area contributed by atoms with Crippen LogP contribution in [-0.4, -0.2) is 78.2 Å². The Morgan fingerprint density at radius 2 is 1.78 bits per heavy atom. The van der Waals surface area contributed by atoms with Crippen molar-refractivity contribution in [3.05, 3.63) is 95.1 Å². The van der Waals surface area contributed by atoms with Gasteiger partial charge in [0.2, 0.25) is 11.7 Å². The van der Waals surface area contributed by atoms with Crippen molar-refractivity contribution in [3.63, 3.8) is 0 Å². The number of aldehydes is 1. The molecule has 3 aromatic heterocycles. The average molecular weight is 925 g/mol. The van der Waals surface area contributed by atoms with E-state index in [4.69, 9.17) is 11.6 Å². The number of aromatic amines is 1. The molecule has 10 nitrogen and oxygen atoms in total. The third-order valence-corrected chi connectivity index (χ3v) is 12.4. The van der Waals surface area contributed by atoms with Gasteiger partial charge in [0, 0.05) is 84.5 Å². The number of likely N-dealkylation sites (N-methyl/N-ethyl adjacent to an activating group) is 1. The molecule has 4 heterocycles. The predicted molar refractivity (Wildman–Crippen MR) is 256 cm³/mol. The number of rotatable bonds is 17. The van der Waals surface area contributed by atoms with E-state index in [9.17, 15) is 27.6 Å².